The molecule has 0 saturated heterocycles. The van der Waals surface area contributed by atoms with Crippen LogP contribution in [-0.4, -0.2) is 16.7 Å². The zero-order chi connectivity index (χ0) is 14.1. The quantitative estimate of drug-likeness (QED) is 0.656. The molecule has 106 valence electrons. The van der Waals surface area contributed by atoms with Crippen LogP contribution in [0.5, 0.6) is 5.75 Å². The lowest BCUT2D eigenvalue weighted by atomic mass is 9.86. The van der Waals surface area contributed by atoms with Crippen molar-refractivity contribution in [3.63, 3.8) is 0 Å². The highest BCUT2D eigenvalue weighted by molar-refractivity contribution is 5.97. The highest BCUT2D eigenvalue weighted by Gasteiger charge is 2.40. The predicted molar refractivity (Wildman–Crippen MR) is 77.6 cm³/mol. The lowest BCUT2D eigenvalue weighted by molar-refractivity contribution is 0.0952. The number of aromatic hydroxyl groups is 1. The molecule has 2 saturated carbocycles. The monoisotopic (exact) mass is 272 g/mol. The van der Waals surface area contributed by atoms with E-state index in [1.807, 2.05) is 6.92 Å². The largest absolute Gasteiger partial charge is 0.507 e. The number of amides is 1. The minimum atomic E-state index is -0.356. The van der Waals surface area contributed by atoms with Crippen LogP contribution < -0.4 is 5.43 Å². The van der Waals surface area contributed by atoms with Gasteiger partial charge < -0.3 is 5.11 Å². The summed E-state index contributed by atoms with van der Waals surface area (Å²) in [6.45, 7) is 2.00. The summed E-state index contributed by atoms with van der Waals surface area (Å²) in [5.74, 6) is 1.77. The minimum absolute atomic E-state index is 0.0159. The first-order chi connectivity index (χ1) is 9.65. The highest BCUT2D eigenvalue weighted by atomic mass is 16.3. The fourth-order valence-corrected chi connectivity index (χ4v) is 3.70. The van der Waals surface area contributed by atoms with Gasteiger partial charge in [-0.3, -0.25) is 4.79 Å². The van der Waals surface area contributed by atoms with E-state index in [2.05, 4.69) is 10.5 Å². The van der Waals surface area contributed by atoms with Gasteiger partial charge in [-0.2, -0.15) is 5.10 Å². The number of phenols is 1. The number of nitrogens with one attached hydrogen (secondary N) is 1. The number of carbonyl (C=O) groups is 1. The number of hydrogen-bond acceptors (Lipinski definition) is 3. The maximum atomic E-state index is 12.0. The number of fused-ring (bicyclic) bond motifs is 2. The first-order valence-electron chi connectivity index (χ1n) is 7.27. The van der Waals surface area contributed by atoms with Crippen LogP contribution in [0, 0.1) is 17.8 Å². The molecule has 3 atom stereocenters. The van der Waals surface area contributed by atoms with Crippen molar-refractivity contribution in [2.24, 2.45) is 22.9 Å². The molecule has 0 aliphatic heterocycles. The van der Waals surface area contributed by atoms with Gasteiger partial charge in [-0.1, -0.05) is 18.6 Å². The van der Waals surface area contributed by atoms with Crippen LogP contribution in [0.3, 0.4) is 0 Å². The van der Waals surface area contributed by atoms with Crippen molar-refractivity contribution < 1.29 is 9.90 Å². The topological polar surface area (TPSA) is 61.7 Å². The Kier molecular flexibility index (Phi) is 3.47. The molecule has 2 aliphatic rings. The average Bonchev–Trinajstić information content (AvgIpc) is 3.07. The molecule has 1 aromatic rings. The van der Waals surface area contributed by atoms with Gasteiger partial charge in [0.15, 0.2) is 0 Å². The van der Waals surface area contributed by atoms with E-state index in [0.717, 1.165) is 17.5 Å². The van der Waals surface area contributed by atoms with Crippen LogP contribution in [0.4, 0.5) is 0 Å². The van der Waals surface area contributed by atoms with Crippen molar-refractivity contribution >= 4 is 11.6 Å². The first kappa shape index (κ1) is 13.2. The fraction of sp³-hybridized carbons (Fsp3) is 0.500. The molecule has 2 aliphatic carbocycles. The zero-order valence-electron chi connectivity index (χ0n) is 11.7. The fourth-order valence-electron chi connectivity index (χ4n) is 3.70. The Labute approximate surface area is 118 Å². The van der Waals surface area contributed by atoms with Crippen molar-refractivity contribution in [3.05, 3.63) is 29.8 Å². The van der Waals surface area contributed by atoms with Gasteiger partial charge in [-0.25, -0.2) is 5.43 Å². The second-order valence-corrected chi connectivity index (χ2v) is 5.99. The molecule has 1 aromatic carbocycles. The zero-order valence-corrected chi connectivity index (χ0v) is 11.7. The van der Waals surface area contributed by atoms with E-state index in [1.165, 1.54) is 31.7 Å². The maximum Gasteiger partial charge on any atom is 0.275 e. The van der Waals surface area contributed by atoms with Gasteiger partial charge in [-0.15, -0.1) is 0 Å². The number of rotatable bonds is 3. The predicted octanol–water partition coefficient (Wildman–Crippen LogP) is 2.93. The molecule has 0 radical (unpaired) electrons. The summed E-state index contributed by atoms with van der Waals surface area (Å²) in [7, 11) is 0. The SMILES string of the molecule is C/C(=N/NC(=O)c1ccccc1O)C1CC2CCC1C2. The van der Waals surface area contributed by atoms with Crippen LogP contribution in [0.1, 0.15) is 43.0 Å². The van der Waals surface area contributed by atoms with E-state index in [-0.39, 0.29) is 17.2 Å². The summed E-state index contributed by atoms with van der Waals surface area (Å²) < 4.78 is 0. The molecule has 4 nitrogen and oxygen atoms in total. The van der Waals surface area contributed by atoms with Gasteiger partial charge in [0.1, 0.15) is 5.75 Å². The second-order valence-electron chi connectivity index (χ2n) is 5.99. The summed E-state index contributed by atoms with van der Waals surface area (Å²) in [4.78, 5) is 12.0. The van der Waals surface area contributed by atoms with Crippen molar-refractivity contribution in [2.75, 3.05) is 0 Å². The molecule has 2 bridgehead atoms. The van der Waals surface area contributed by atoms with Crippen LogP contribution in [0.25, 0.3) is 0 Å². The molecule has 0 heterocycles. The molecule has 4 heteroatoms. The number of hydrazone groups is 1. The highest BCUT2D eigenvalue weighted by Crippen LogP contribution is 2.48. The lowest BCUT2D eigenvalue weighted by Crippen LogP contribution is -2.24. The van der Waals surface area contributed by atoms with Crippen LogP contribution in [0.15, 0.2) is 29.4 Å². The second kappa shape index (κ2) is 5.27. The van der Waals surface area contributed by atoms with Gasteiger partial charge in [0.2, 0.25) is 0 Å². The number of carbonyl (C=O) groups excluding carboxylic acids is 1. The third-order valence-corrected chi connectivity index (χ3v) is 4.76. The van der Waals surface area contributed by atoms with Crippen molar-refractivity contribution in [1.29, 1.82) is 0 Å². The van der Waals surface area contributed by atoms with Gasteiger partial charge in [0.05, 0.1) is 5.56 Å². The third-order valence-electron chi connectivity index (χ3n) is 4.76. The average molecular weight is 272 g/mol. The summed E-state index contributed by atoms with van der Waals surface area (Å²) >= 11 is 0. The molecule has 2 N–H and O–H groups in total. The number of hydrogen-bond donors (Lipinski definition) is 2. The summed E-state index contributed by atoms with van der Waals surface area (Å²) in [6.07, 6.45) is 5.20. The van der Waals surface area contributed by atoms with Crippen LogP contribution in [-0.2, 0) is 0 Å². The van der Waals surface area contributed by atoms with Gasteiger partial charge in [0.25, 0.3) is 5.91 Å². The Morgan fingerprint density at radius 1 is 1.30 bits per heavy atom. The van der Waals surface area contributed by atoms with Crippen LogP contribution >= 0.6 is 0 Å². The Morgan fingerprint density at radius 2 is 2.10 bits per heavy atom. The molecule has 3 rings (SSSR count). The van der Waals surface area contributed by atoms with E-state index >= 15 is 0 Å². The number of para-hydroxylation sites is 1. The Bertz CT molecular complexity index is 553. The van der Waals surface area contributed by atoms with Gasteiger partial charge >= 0.3 is 0 Å². The molecule has 2 fully saturated rings. The van der Waals surface area contributed by atoms with E-state index in [1.54, 1.807) is 18.2 Å². The van der Waals surface area contributed by atoms with E-state index < -0.39 is 0 Å². The van der Waals surface area contributed by atoms with Gasteiger partial charge in [-0.05, 0) is 50.2 Å². The normalized spacial score (nSPS) is 28.6. The summed E-state index contributed by atoms with van der Waals surface area (Å²) in [6, 6.07) is 6.51. The summed E-state index contributed by atoms with van der Waals surface area (Å²) in [5.41, 5.74) is 3.84. The summed E-state index contributed by atoms with van der Waals surface area (Å²) in [5, 5.41) is 13.9. The molecule has 0 aromatic heterocycles. The number of nitrogens with zero attached hydrogens (tertiary/aromatic N) is 1. The first-order valence-corrected chi connectivity index (χ1v) is 7.27. The smallest absolute Gasteiger partial charge is 0.275 e. The molecule has 20 heavy (non-hydrogen) atoms. The van der Waals surface area contributed by atoms with Crippen molar-refractivity contribution in [3.8, 4) is 5.75 Å². The Hall–Kier alpha value is -1.84. The molecular formula is C16H20N2O2. The molecule has 1 amide bonds. The maximum absolute atomic E-state index is 12.0. The molecule has 0 spiro atoms. The minimum Gasteiger partial charge on any atom is -0.507 e. The van der Waals surface area contributed by atoms with Gasteiger partial charge in [0, 0.05) is 11.6 Å². The third kappa shape index (κ3) is 2.42. The molecule has 3 unspecified atom stereocenters. The lowest BCUT2D eigenvalue weighted by Gasteiger charge is -2.21. The number of phenolic OH excluding ortho intramolecular Hbond substituents is 1. The molecular weight excluding hydrogens is 252 g/mol. The van der Waals surface area contributed by atoms with Crippen molar-refractivity contribution in [1.82, 2.24) is 5.43 Å². The Balaban J connectivity index is 1.65. The van der Waals surface area contributed by atoms with E-state index in [9.17, 15) is 9.90 Å². The van der Waals surface area contributed by atoms with E-state index in [4.69, 9.17) is 0 Å². The Morgan fingerprint density at radius 3 is 2.75 bits per heavy atom. The van der Waals surface area contributed by atoms with Crippen LogP contribution in [0.2, 0.25) is 0 Å². The number of benzene rings is 1. The standard InChI is InChI=1S/C16H20N2O2/c1-10(14-9-11-6-7-12(14)8-11)17-18-16(20)13-4-2-3-5-15(13)19/h2-5,11-12,14,19H,6-9H2,1H3,(H,18,20)/b17-10-. The van der Waals surface area contributed by atoms with E-state index in [0.29, 0.717) is 5.92 Å². The van der Waals surface area contributed by atoms with Crippen molar-refractivity contribution in [2.45, 2.75) is 32.6 Å².